The normalized spacial score (nSPS) is 13.7. The molecule has 1 nitrogen and oxygen atoms in total. The monoisotopic (exact) mass is 235 g/mol. The van der Waals surface area contributed by atoms with Gasteiger partial charge in [-0.1, -0.05) is 48.5 Å². The molecule has 1 heteroatoms. The second-order valence-corrected chi connectivity index (χ2v) is 4.68. The summed E-state index contributed by atoms with van der Waals surface area (Å²) >= 11 is 0. The lowest BCUT2D eigenvalue weighted by Crippen LogP contribution is -2.18. The largest absolute Gasteiger partial charge is 0.344 e. The summed E-state index contributed by atoms with van der Waals surface area (Å²) in [5.74, 6) is 0. The van der Waals surface area contributed by atoms with Crippen LogP contribution in [0.15, 0.2) is 60.7 Å². The summed E-state index contributed by atoms with van der Waals surface area (Å²) in [4.78, 5) is 2.28. The molecule has 0 unspecified atom stereocenters. The third-order valence-electron chi connectivity index (χ3n) is 3.55. The number of aryl methyl sites for hydroxylation is 1. The minimum atomic E-state index is 1.13. The maximum absolute atomic E-state index is 2.34. The van der Waals surface area contributed by atoms with Crippen molar-refractivity contribution in [3.8, 4) is 0 Å². The lowest BCUT2D eigenvalue weighted by molar-refractivity contribution is 0.963. The van der Waals surface area contributed by atoms with Gasteiger partial charge in [0.25, 0.3) is 0 Å². The molecule has 1 aliphatic rings. The van der Waals surface area contributed by atoms with Crippen LogP contribution in [0.1, 0.15) is 17.5 Å². The summed E-state index contributed by atoms with van der Waals surface area (Å²) < 4.78 is 0. The van der Waals surface area contributed by atoms with Gasteiger partial charge in [0.15, 0.2) is 0 Å². The molecule has 2 aromatic carbocycles. The minimum Gasteiger partial charge on any atom is -0.344 e. The molecule has 0 N–H and O–H groups in total. The highest BCUT2D eigenvalue weighted by Crippen LogP contribution is 2.31. The Morgan fingerprint density at radius 2 is 1.61 bits per heavy atom. The number of para-hydroxylation sites is 1. The Morgan fingerprint density at radius 3 is 2.44 bits per heavy atom. The molecule has 18 heavy (non-hydrogen) atoms. The second kappa shape index (κ2) is 4.69. The van der Waals surface area contributed by atoms with Gasteiger partial charge in [-0.2, -0.15) is 0 Å². The molecule has 0 amide bonds. The van der Waals surface area contributed by atoms with E-state index < -0.39 is 0 Å². The zero-order valence-corrected chi connectivity index (χ0v) is 10.6. The molecule has 0 radical (unpaired) electrons. The van der Waals surface area contributed by atoms with Crippen LogP contribution >= 0.6 is 0 Å². The first-order valence-corrected chi connectivity index (χ1v) is 6.43. The van der Waals surface area contributed by atoms with Crippen molar-refractivity contribution in [2.45, 2.75) is 12.8 Å². The molecule has 0 heterocycles. The number of nitrogens with zero attached hydrogens (tertiary/aromatic N) is 1. The van der Waals surface area contributed by atoms with Crippen LogP contribution in [0.25, 0.3) is 5.70 Å². The molecule has 3 rings (SSSR count). The first-order chi connectivity index (χ1) is 8.86. The van der Waals surface area contributed by atoms with Crippen LogP contribution in [-0.4, -0.2) is 7.05 Å². The Labute approximate surface area is 108 Å². The van der Waals surface area contributed by atoms with Crippen molar-refractivity contribution in [3.63, 3.8) is 0 Å². The van der Waals surface area contributed by atoms with Crippen LogP contribution in [0.5, 0.6) is 0 Å². The molecule has 0 aliphatic heterocycles. The van der Waals surface area contributed by atoms with Gasteiger partial charge in [-0.05, 0) is 30.5 Å². The van der Waals surface area contributed by atoms with Gasteiger partial charge in [-0.15, -0.1) is 0 Å². The van der Waals surface area contributed by atoms with E-state index >= 15 is 0 Å². The Morgan fingerprint density at radius 1 is 0.889 bits per heavy atom. The fourth-order valence-electron chi connectivity index (χ4n) is 2.57. The lowest BCUT2D eigenvalue weighted by Gasteiger charge is -2.27. The Hall–Kier alpha value is -2.02. The van der Waals surface area contributed by atoms with Crippen LogP contribution in [0, 0.1) is 0 Å². The zero-order chi connectivity index (χ0) is 12.4. The first-order valence-electron chi connectivity index (χ1n) is 6.43. The van der Waals surface area contributed by atoms with Crippen molar-refractivity contribution in [3.05, 3.63) is 71.8 Å². The van der Waals surface area contributed by atoms with Crippen LogP contribution in [-0.2, 0) is 6.42 Å². The van der Waals surface area contributed by atoms with Gasteiger partial charge in [-0.25, -0.2) is 0 Å². The van der Waals surface area contributed by atoms with Gasteiger partial charge in [0.2, 0.25) is 0 Å². The van der Waals surface area contributed by atoms with E-state index in [1.807, 2.05) is 0 Å². The number of rotatable bonds is 2. The van der Waals surface area contributed by atoms with Gasteiger partial charge >= 0.3 is 0 Å². The van der Waals surface area contributed by atoms with Crippen LogP contribution in [0.4, 0.5) is 5.69 Å². The number of hydrogen-bond donors (Lipinski definition) is 0. The van der Waals surface area contributed by atoms with Gasteiger partial charge in [0.05, 0.1) is 0 Å². The fraction of sp³-hybridized carbons (Fsp3) is 0.176. The fourth-order valence-corrected chi connectivity index (χ4v) is 2.57. The molecule has 90 valence electrons. The van der Waals surface area contributed by atoms with E-state index in [1.165, 1.54) is 22.5 Å². The molecule has 0 atom stereocenters. The average molecular weight is 235 g/mol. The average Bonchev–Trinajstić information content (AvgIpc) is 2.47. The Kier molecular flexibility index (Phi) is 2.89. The minimum absolute atomic E-state index is 1.13. The highest BCUT2D eigenvalue weighted by Gasteiger charge is 2.15. The zero-order valence-electron chi connectivity index (χ0n) is 10.6. The maximum Gasteiger partial charge on any atom is 0.0444 e. The van der Waals surface area contributed by atoms with Crippen LogP contribution < -0.4 is 4.90 Å². The van der Waals surface area contributed by atoms with E-state index in [0.717, 1.165) is 12.8 Å². The molecule has 0 aromatic heterocycles. The SMILES string of the molecule is CN(C1=CCCc2ccccc21)c1ccccc1. The lowest BCUT2D eigenvalue weighted by atomic mass is 9.94. The number of fused-ring (bicyclic) bond motifs is 1. The summed E-state index contributed by atoms with van der Waals surface area (Å²) in [6.07, 6.45) is 4.63. The molecule has 1 aliphatic carbocycles. The second-order valence-electron chi connectivity index (χ2n) is 4.68. The molecule has 2 aromatic rings. The smallest absolute Gasteiger partial charge is 0.0444 e. The highest BCUT2D eigenvalue weighted by atomic mass is 15.1. The van der Waals surface area contributed by atoms with Gasteiger partial charge < -0.3 is 4.90 Å². The topological polar surface area (TPSA) is 3.24 Å². The summed E-state index contributed by atoms with van der Waals surface area (Å²) in [6.45, 7) is 0. The molecule has 0 fully saturated rings. The number of allylic oxidation sites excluding steroid dienone is 1. The van der Waals surface area contributed by atoms with Crippen LogP contribution in [0.3, 0.4) is 0 Å². The molecule has 0 spiro atoms. The number of anilines is 1. The van der Waals surface area contributed by atoms with Crippen molar-refractivity contribution in [2.75, 3.05) is 11.9 Å². The summed E-state index contributed by atoms with van der Waals surface area (Å²) in [5.41, 5.74) is 5.39. The van der Waals surface area contributed by atoms with Crippen molar-refractivity contribution < 1.29 is 0 Å². The van der Waals surface area contributed by atoms with E-state index in [-0.39, 0.29) is 0 Å². The summed E-state index contributed by atoms with van der Waals surface area (Å²) in [7, 11) is 2.14. The summed E-state index contributed by atoms with van der Waals surface area (Å²) in [6, 6.07) is 19.2. The summed E-state index contributed by atoms with van der Waals surface area (Å²) in [5, 5.41) is 0. The molecule has 0 bridgehead atoms. The molecular formula is C17H17N. The van der Waals surface area contributed by atoms with Crippen molar-refractivity contribution >= 4 is 11.4 Å². The van der Waals surface area contributed by atoms with E-state index in [0.29, 0.717) is 0 Å². The van der Waals surface area contributed by atoms with Gasteiger partial charge in [-0.3, -0.25) is 0 Å². The van der Waals surface area contributed by atoms with Crippen molar-refractivity contribution in [2.24, 2.45) is 0 Å². The van der Waals surface area contributed by atoms with Crippen LogP contribution in [0.2, 0.25) is 0 Å². The van der Waals surface area contributed by atoms with E-state index in [9.17, 15) is 0 Å². The van der Waals surface area contributed by atoms with Gasteiger partial charge in [0.1, 0.15) is 0 Å². The highest BCUT2D eigenvalue weighted by molar-refractivity contribution is 5.81. The third kappa shape index (κ3) is 1.92. The van der Waals surface area contributed by atoms with Crippen molar-refractivity contribution in [1.82, 2.24) is 0 Å². The first kappa shape index (κ1) is 11.1. The number of hydrogen-bond acceptors (Lipinski definition) is 1. The predicted molar refractivity (Wildman–Crippen MR) is 77.6 cm³/mol. The van der Waals surface area contributed by atoms with Crippen molar-refractivity contribution in [1.29, 1.82) is 0 Å². The standard InChI is InChI=1S/C17H17N/c1-18(15-10-3-2-4-11-15)17-13-7-9-14-8-5-6-12-16(14)17/h2-6,8,10-13H,7,9H2,1H3. The van der Waals surface area contributed by atoms with Gasteiger partial charge in [0, 0.05) is 24.0 Å². The maximum atomic E-state index is 2.34. The van der Waals surface area contributed by atoms with E-state index in [1.54, 1.807) is 0 Å². The molecular weight excluding hydrogens is 218 g/mol. The van der Waals surface area contributed by atoms with E-state index in [4.69, 9.17) is 0 Å². The quantitative estimate of drug-likeness (QED) is 0.757. The Bertz CT molecular complexity index is 569. The molecule has 0 saturated heterocycles. The number of benzene rings is 2. The Balaban J connectivity index is 2.00. The predicted octanol–water partition coefficient (Wildman–Crippen LogP) is 4.11. The van der Waals surface area contributed by atoms with E-state index in [2.05, 4.69) is 72.6 Å². The molecule has 0 saturated carbocycles. The third-order valence-corrected chi connectivity index (χ3v) is 3.55.